The highest BCUT2D eigenvalue weighted by Gasteiger charge is 2.35. The lowest BCUT2D eigenvalue weighted by molar-refractivity contribution is 0.197. The van der Waals surface area contributed by atoms with Crippen LogP contribution in [0.3, 0.4) is 0 Å². The van der Waals surface area contributed by atoms with Crippen LogP contribution in [-0.2, 0) is 49.1 Å². The third-order valence-corrected chi connectivity index (χ3v) is 32.7. The van der Waals surface area contributed by atoms with Gasteiger partial charge in [-0.05, 0) is 212 Å². The fourth-order valence-corrected chi connectivity index (χ4v) is 23.5. The molecule has 9 nitrogen and oxygen atoms in total. The molecule has 0 aliphatic carbocycles. The number of benzene rings is 6. The highest BCUT2D eigenvalue weighted by atomic mass is 31.2. The molecular weight excluding hydrogens is 1800 g/mol. The third-order valence-electron chi connectivity index (χ3n) is 29.4. The predicted octanol–water partition coefficient (Wildman–Crippen LogP) is 45.3. The molecule has 6 aromatic carbocycles. The molecule has 0 radical (unpaired) electrons. The van der Waals surface area contributed by atoms with Gasteiger partial charge in [-0.15, -0.1) is 0 Å². The average Bonchev–Trinajstić information content (AvgIpc) is 0.758. The van der Waals surface area contributed by atoms with Crippen LogP contribution in [0.2, 0.25) is 0 Å². The van der Waals surface area contributed by atoms with Crippen molar-refractivity contribution in [3.8, 4) is 34.5 Å². The van der Waals surface area contributed by atoms with Crippen molar-refractivity contribution in [1.29, 1.82) is 0 Å². The Hall–Kier alpha value is -4.71. The number of hydrogen-bond acceptors (Lipinski definition) is 9. The van der Waals surface area contributed by atoms with E-state index in [0.29, 0.717) is 19.8 Å². The van der Waals surface area contributed by atoms with Crippen molar-refractivity contribution in [1.82, 2.24) is 0 Å². The molecule has 0 saturated carbocycles. The molecule has 806 valence electrons. The minimum absolute atomic E-state index is 0.0694. The van der Waals surface area contributed by atoms with E-state index < -0.39 is 25.8 Å². The van der Waals surface area contributed by atoms with E-state index in [1.165, 1.54) is 403 Å². The molecule has 3 unspecified atom stereocenters. The monoisotopic (exact) mass is 2020 g/mol. The summed E-state index contributed by atoms with van der Waals surface area (Å²) >= 11 is 0. The van der Waals surface area contributed by atoms with Gasteiger partial charge in [0.05, 0.1) is 19.8 Å². The summed E-state index contributed by atoms with van der Waals surface area (Å²) < 4.78 is 64.3. The Balaban J connectivity index is 1.41. The van der Waals surface area contributed by atoms with E-state index in [2.05, 4.69) is 241 Å². The maximum atomic E-state index is 7.44. The first-order chi connectivity index (χ1) is 68.9. The van der Waals surface area contributed by atoms with Gasteiger partial charge >= 0.3 is 25.8 Å². The van der Waals surface area contributed by atoms with Gasteiger partial charge in [0.15, 0.2) is 0 Å². The quantitative estimate of drug-likeness (QED) is 0.0274. The fraction of sp³-hybridized carbons (Fsp3) is 0.723. The third kappa shape index (κ3) is 55.7. The normalized spacial score (nSPS) is 12.7. The minimum atomic E-state index is -1.99. The van der Waals surface area contributed by atoms with Crippen molar-refractivity contribution >= 4 is 25.8 Å². The number of rotatable bonds is 89. The Morgan fingerprint density at radius 2 is 0.437 bits per heavy atom. The van der Waals surface area contributed by atoms with Gasteiger partial charge in [0.1, 0.15) is 34.5 Å². The predicted molar refractivity (Wildman–Crippen MR) is 622 cm³/mol. The van der Waals surface area contributed by atoms with E-state index in [4.69, 9.17) is 40.7 Å². The lowest BCUT2D eigenvalue weighted by Crippen LogP contribution is -2.19. The molecule has 0 aliphatic rings. The molecule has 0 heterocycles. The average molecular weight is 2020 g/mol. The van der Waals surface area contributed by atoms with Crippen LogP contribution in [0.1, 0.15) is 600 Å². The molecule has 0 fully saturated rings. The van der Waals surface area contributed by atoms with Crippen molar-refractivity contribution in [2.45, 2.75) is 590 Å². The Morgan fingerprint density at radius 3 is 0.697 bits per heavy atom. The van der Waals surface area contributed by atoms with Gasteiger partial charge < -0.3 is 36.2 Å². The van der Waals surface area contributed by atoms with Crippen molar-refractivity contribution in [2.24, 2.45) is 0 Å². The number of hydrogen-bond donors (Lipinski definition) is 0. The summed E-state index contributed by atoms with van der Waals surface area (Å²) in [5.74, 6) is 4.80. The van der Waals surface area contributed by atoms with E-state index in [1.807, 2.05) is 0 Å². The summed E-state index contributed by atoms with van der Waals surface area (Å²) in [7, 11) is -5.56. The molecule has 0 aromatic heterocycles. The zero-order valence-corrected chi connectivity index (χ0v) is 98.2. The molecule has 0 aliphatic heterocycles. The van der Waals surface area contributed by atoms with Crippen LogP contribution in [0.25, 0.3) is 0 Å². The summed E-state index contributed by atoms with van der Waals surface area (Å²) in [5.41, 5.74) is 13.7. The zero-order valence-electron chi connectivity index (χ0n) is 95.6. The second-order valence-corrected chi connectivity index (χ2v) is 49.3. The summed E-state index contributed by atoms with van der Waals surface area (Å²) in [4.78, 5) is 0. The van der Waals surface area contributed by atoms with Crippen LogP contribution < -0.4 is 27.1 Å². The van der Waals surface area contributed by atoms with Gasteiger partial charge in [-0.1, -0.05) is 531 Å². The van der Waals surface area contributed by atoms with Gasteiger partial charge in [-0.25, -0.2) is 0 Å². The topological polar surface area (TPSA) is 83.1 Å². The van der Waals surface area contributed by atoms with Crippen LogP contribution in [0.4, 0.5) is 0 Å². The van der Waals surface area contributed by atoms with E-state index in [9.17, 15) is 0 Å². The molecule has 0 N–H and O–H groups in total. The largest absolute Gasteiger partial charge is 0.530 e. The smallest absolute Gasteiger partial charge is 0.426 e. The Bertz CT molecular complexity index is 4020. The van der Waals surface area contributed by atoms with Crippen molar-refractivity contribution in [3.05, 3.63) is 176 Å². The molecule has 0 saturated heterocycles. The van der Waals surface area contributed by atoms with Crippen molar-refractivity contribution < 1.29 is 40.7 Å². The molecule has 3 atom stereocenters. The van der Waals surface area contributed by atoms with Crippen LogP contribution in [0.5, 0.6) is 34.5 Å². The molecule has 12 heteroatoms. The molecule has 142 heavy (non-hydrogen) atoms. The Morgan fingerprint density at radius 1 is 0.225 bits per heavy atom. The van der Waals surface area contributed by atoms with Crippen molar-refractivity contribution in [2.75, 3.05) is 19.8 Å². The Kier molecular flexibility index (Phi) is 68.8. The second kappa shape index (κ2) is 77.6. The van der Waals surface area contributed by atoms with E-state index in [0.717, 1.165) is 128 Å². The summed E-state index contributed by atoms with van der Waals surface area (Å²) in [6.07, 6.45) is 86.1. The maximum absolute atomic E-state index is 7.44. The highest BCUT2D eigenvalue weighted by Crippen LogP contribution is 2.53. The van der Waals surface area contributed by atoms with Crippen LogP contribution in [0.15, 0.2) is 109 Å². The molecule has 6 aromatic rings. The fourth-order valence-electron chi connectivity index (χ4n) is 20.4. The first-order valence-corrected chi connectivity index (χ1v) is 63.3. The number of aryl methyl sites for hydroxylation is 6. The van der Waals surface area contributed by atoms with Gasteiger partial charge in [0, 0.05) is 22.6 Å². The minimum Gasteiger partial charge on any atom is -0.426 e. The van der Waals surface area contributed by atoms with Gasteiger partial charge in [-0.2, -0.15) is 0 Å². The van der Waals surface area contributed by atoms with Crippen molar-refractivity contribution in [3.63, 3.8) is 0 Å². The molecule has 0 spiro atoms. The van der Waals surface area contributed by atoms with Gasteiger partial charge in [0.2, 0.25) is 0 Å². The standard InChI is InChI=1S/C130H217O9P3/c1-20-26-32-38-44-47-50-53-56-59-62-65-68-74-80-95-131-140(132-96-81-75-69-66-63-60-57-54-51-48-45-39-33-27-21-2)137-125-100-110(9)119(106-123(125)129(14,15)16)121(120-107-124(130(17,18)19)126(101-111(120)10)138-141(134-115-92-83-89-112(102-115)86-77-71-41-35-29-23-4)133-97-82-76-70-67-64-61-58-55-52-49-46-40-34-28-22-3)98-108(7)118-105-122(128(11,12)13)127(99-109(118)8)139-142(135-116-93-84-90-113(103-116)87-78-72-42-36-30-24-5)136-117-94-85-91-114(104-117)88-79-73-43-37-31-25-6/h83-85,89-94,99-108,121H,20-82,86-88,95-98H2,1-19H3. The molecular formula is C130H217O9P3. The molecule has 6 rings (SSSR count). The zero-order chi connectivity index (χ0) is 102. The van der Waals surface area contributed by atoms with Crippen LogP contribution >= 0.6 is 25.8 Å². The SMILES string of the molecule is CCCCCCCCCCCCCCCCCOP(OCCCCCCCCCCCCCCCCC)Oc1cc(C)c(C(CC(C)c2cc(C(C)(C)C)c(OP(Oc3cccc(CCCCCCCC)c3)Oc3cccc(CCCCCCCC)c3)cc2C)c2cc(C(C)(C)C)c(OP(OCCCCCCCCCCCCCCCCC)Oc3cccc(CCCCCCCC)c3)cc2C)cc1C(C)(C)C. The lowest BCUT2D eigenvalue weighted by atomic mass is 9.74. The van der Waals surface area contributed by atoms with E-state index in [-0.39, 0.29) is 28.1 Å². The lowest BCUT2D eigenvalue weighted by Gasteiger charge is -2.33. The molecule has 0 amide bonds. The summed E-state index contributed by atoms with van der Waals surface area (Å²) in [6, 6.07) is 40.6. The van der Waals surface area contributed by atoms with E-state index >= 15 is 0 Å². The van der Waals surface area contributed by atoms with Gasteiger partial charge in [-0.3, -0.25) is 4.52 Å². The highest BCUT2D eigenvalue weighted by molar-refractivity contribution is 7.43. The van der Waals surface area contributed by atoms with Crippen LogP contribution in [0, 0.1) is 20.8 Å². The maximum Gasteiger partial charge on any atom is 0.530 e. The second-order valence-electron chi connectivity index (χ2n) is 46.1. The van der Waals surface area contributed by atoms with Crippen LogP contribution in [-0.4, -0.2) is 19.8 Å². The number of unbranched alkanes of at least 4 members (excludes halogenated alkanes) is 57. The molecule has 0 bridgehead atoms. The summed E-state index contributed by atoms with van der Waals surface area (Å²) in [5, 5.41) is 0. The van der Waals surface area contributed by atoms with Gasteiger partial charge in [0.25, 0.3) is 0 Å². The van der Waals surface area contributed by atoms with E-state index in [1.54, 1.807) is 0 Å². The Labute approximate surface area is 880 Å². The first-order valence-electron chi connectivity index (χ1n) is 60.0. The first kappa shape index (κ1) is 126. The summed E-state index contributed by atoms with van der Waals surface area (Å²) in [6.45, 7) is 46.2.